The van der Waals surface area contributed by atoms with Gasteiger partial charge in [0.15, 0.2) is 12.6 Å². The second-order valence-electron chi connectivity index (χ2n) is 18.4. The summed E-state index contributed by atoms with van der Waals surface area (Å²) < 4.78 is 45.6. The van der Waals surface area contributed by atoms with Crippen LogP contribution in [-0.4, -0.2) is 175 Å². The number of esters is 2. The summed E-state index contributed by atoms with van der Waals surface area (Å²) in [7, 11) is 0. The molecule has 4 aliphatic heterocycles. The standard InChI is InChI=1S/C42H66O20/c1-18(9-11-55-36(52)23-16-58-39(29-21(23)8-10-42(29,4)54)62-41-35(51)33(49)31(47)27(14-44)60-41)6-5-7-19(2)15-56-37(53)24-17-57-38(28-20(3)25(45)12-22(24)28)61-40-34(50)32(48)30(46)26(13-43)59-40/h16-22,25-35,38-41,43-51,54H,5-15H2,1-4H3/t18-,19+,20+,21-,22-,25-,26+,27+,28-,29-,30+,31+,32-,33-,34+,35+,38+,39-,40-,41-,42-/m1/s1. The summed E-state index contributed by atoms with van der Waals surface area (Å²) in [4.78, 5) is 26.6. The van der Waals surface area contributed by atoms with E-state index in [1.165, 1.54) is 12.5 Å². The zero-order valence-corrected chi connectivity index (χ0v) is 35.5. The van der Waals surface area contributed by atoms with E-state index >= 15 is 0 Å². The monoisotopic (exact) mass is 890 g/mol. The van der Waals surface area contributed by atoms with Crippen LogP contribution in [0.2, 0.25) is 0 Å². The maximum atomic E-state index is 13.3. The SMILES string of the molecule is C[C@H](CCC[C@H](C)COC(=O)C1=CO[C@@H](O[C@H]2O[C@@H](CO)[C@H](O)[C@@H](O)[C@@H]2O)[C@@H]2[C@@H](C)[C@H](O)C[C@H]12)CCOC(=O)C1=CO[C@H](O[C@H]2O[C@@H](CO)[C@H](O)[C@@H](O)[C@@H]2O)[C@H]2[C@@H]1CC[C@@]2(C)O. The normalized spacial score (nSPS) is 43.8. The summed E-state index contributed by atoms with van der Waals surface area (Å²) in [5.41, 5.74) is -0.839. The number of rotatable bonds is 17. The third kappa shape index (κ3) is 10.4. The Bertz CT molecular complexity index is 1570. The Kier molecular flexibility index (Phi) is 16.4. The number of hydrogen-bond donors (Lipinski definition) is 10. The van der Waals surface area contributed by atoms with Gasteiger partial charge in [-0.15, -0.1) is 0 Å². The summed E-state index contributed by atoms with van der Waals surface area (Å²) >= 11 is 0. The van der Waals surface area contributed by atoms with Gasteiger partial charge in [-0.05, 0) is 56.8 Å². The lowest BCUT2D eigenvalue weighted by Gasteiger charge is -2.44. The predicted molar refractivity (Wildman–Crippen MR) is 208 cm³/mol. The van der Waals surface area contributed by atoms with E-state index in [0.717, 1.165) is 19.3 Å². The number of fused-ring (bicyclic) bond motifs is 2. The van der Waals surface area contributed by atoms with Gasteiger partial charge in [-0.25, -0.2) is 9.59 Å². The predicted octanol–water partition coefficient (Wildman–Crippen LogP) is -1.57. The number of carbonyl (C=O) groups is 2. The van der Waals surface area contributed by atoms with E-state index in [4.69, 9.17) is 37.9 Å². The third-order valence-corrected chi connectivity index (χ3v) is 13.8. The molecule has 6 rings (SSSR count). The van der Waals surface area contributed by atoms with Gasteiger partial charge in [-0.1, -0.05) is 33.6 Å². The number of hydrogen-bond acceptors (Lipinski definition) is 20. The molecule has 21 atom stereocenters. The summed E-state index contributed by atoms with van der Waals surface area (Å²) in [6.07, 6.45) is -11.7. The van der Waals surface area contributed by atoms with Crippen LogP contribution in [-0.2, 0) is 47.5 Å². The Morgan fingerprint density at radius 1 is 0.726 bits per heavy atom. The lowest BCUT2D eigenvalue weighted by Crippen LogP contribution is -2.60. The first-order valence-corrected chi connectivity index (χ1v) is 21.8. The number of aliphatic hydroxyl groups excluding tert-OH is 9. The van der Waals surface area contributed by atoms with Gasteiger partial charge in [0.2, 0.25) is 12.6 Å². The molecule has 2 saturated heterocycles. The number of aliphatic hydroxyl groups is 10. The van der Waals surface area contributed by atoms with Gasteiger partial charge in [0.1, 0.15) is 48.8 Å². The minimum absolute atomic E-state index is 0.0172. The van der Waals surface area contributed by atoms with Gasteiger partial charge >= 0.3 is 11.9 Å². The molecular formula is C42H66O20. The van der Waals surface area contributed by atoms with Crippen molar-refractivity contribution in [1.82, 2.24) is 0 Å². The van der Waals surface area contributed by atoms with Crippen LogP contribution < -0.4 is 0 Å². The molecular weight excluding hydrogens is 824 g/mol. The molecule has 354 valence electrons. The average Bonchev–Trinajstić information content (AvgIpc) is 3.73. The molecule has 20 nitrogen and oxygen atoms in total. The third-order valence-electron chi connectivity index (χ3n) is 13.8. The fourth-order valence-electron chi connectivity index (χ4n) is 9.76. The molecule has 4 fully saturated rings. The van der Waals surface area contributed by atoms with Gasteiger partial charge < -0.3 is 89.0 Å². The van der Waals surface area contributed by atoms with Crippen molar-refractivity contribution in [2.45, 2.75) is 158 Å². The molecule has 0 radical (unpaired) electrons. The van der Waals surface area contributed by atoms with Crippen molar-refractivity contribution in [3.63, 3.8) is 0 Å². The van der Waals surface area contributed by atoms with E-state index in [1.54, 1.807) is 13.8 Å². The number of ether oxygens (including phenoxy) is 8. The lowest BCUT2D eigenvalue weighted by atomic mass is 9.81. The fraction of sp³-hybridized carbons (Fsp3) is 0.857. The van der Waals surface area contributed by atoms with Crippen molar-refractivity contribution in [3.8, 4) is 0 Å². The first kappa shape index (κ1) is 48.9. The van der Waals surface area contributed by atoms with E-state index in [-0.39, 0.29) is 48.5 Å². The molecule has 20 heteroatoms. The van der Waals surface area contributed by atoms with Crippen molar-refractivity contribution in [2.24, 2.45) is 41.4 Å². The zero-order valence-electron chi connectivity index (χ0n) is 35.5. The Morgan fingerprint density at radius 2 is 1.26 bits per heavy atom. The molecule has 62 heavy (non-hydrogen) atoms. The van der Waals surface area contributed by atoms with Crippen molar-refractivity contribution in [1.29, 1.82) is 0 Å². The lowest BCUT2D eigenvalue weighted by molar-refractivity contribution is -0.346. The van der Waals surface area contributed by atoms with Gasteiger partial charge in [0.25, 0.3) is 0 Å². The molecule has 10 N–H and O–H groups in total. The van der Waals surface area contributed by atoms with Crippen molar-refractivity contribution in [3.05, 3.63) is 23.7 Å². The topological polar surface area (TPSA) is 310 Å². The Hall–Kier alpha value is -2.54. The highest BCUT2D eigenvalue weighted by Crippen LogP contribution is 2.50. The summed E-state index contributed by atoms with van der Waals surface area (Å²) in [6.45, 7) is 6.41. The van der Waals surface area contributed by atoms with Gasteiger partial charge in [-0.3, -0.25) is 0 Å². The maximum Gasteiger partial charge on any atom is 0.337 e. The van der Waals surface area contributed by atoms with E-state index in [0.29, 0.717) is 19.3 Å². The molecule has 0 aromatic carbocycles. The van der Waals surface area contributed by atoms with Crippen LogP contribution >= 0.6 is 0 Å². The highest BCUT2D eigenvalue weighted by atomic mass is 16.8. The highest BCUT2D eigenvalue weighted by Gasteiger charge is 2.57. The highest BCUT2D eigenvalue weighted by molar-refractivity contribution is 5.89. The quantitative estimate of drug-likeness (QED) is 0.0738. The first-order valence-electron chi connectivity index (χ1n) is 21.8. The van der Waals surface area contributed by atoms with E-state index in [2.05, 4.69) is 0 Å². The van der Waals surface area contributed by atoms with Crippen LogP contribution in [0.15, 0.2) is 23.7 Å². The van der Waals surface area contributed by atoms with Gasteiger partial charge in [0, 0.05) is 17.8 Å². The number of carbonyl (C=O) groups excluding carboxylic acids is 2. The summed E-state index contributed by atoms with van der Waals surface area (Å²) in [5.74, 6) is -3.62. The van der Waals surface area contributed by atoms with Crippen LogP contribution in [0.5, 0.6) is 0 Å². The second kappa shape index (κ2) is 20.7. The fourth-order valence-corrected chi connectivity index (χ4v) is 9.76. The minimum atomic E-state index is -1.67. The van der Waals surface area contributed by atoms with Crippen molar-refractivity contribution < 1.29 is 98.5 Å². The Labute approximate surface area is 359 Å². The maximum absolute atomic E-state index is 13.3. The first-order chi connectivity index (χ1) is 29.4. The molecule has 0 aromatic rings. The molecule has 2 aliphatic carbocycles. The van der Waals surface area contributed by atoms with E-state index < -0.39 is 135 Å². The molecule has 0 aromatic heterocycles. The molecule has 0 spiro atoms. The van der Waals surface area contributed by atoms with E-state index in [1.807, 2.05) is 13.8 Å². The average molecular weight is 891 g/mol. The Balaban J connectivity index is 0.921. The van der Waals surface area contributed by atoms with Crippen LogP contribution in [0.1, 0.15) is 72.6 Å². The van der Waals surface area contributed by atoms with Crippen LogP contribution in [0.3, 0.4) is 0 Å². The van der Waals surface area contributed by atoms with Crippen molar-refractivity contribution >= 4 is 11.9 Å². The van der Waals surface area contributed by atoms with Crippen LogP contribution in [0.4, 0.5) is 0 Å². The minimum Gasteiger partial charge on any atom is -0.472 e. The largest absolute Gasteiger partial charge is 0.472 e. The summed E-state index contributed by atoms with van der Waals surface area (Å²) in [5, 5.41) is 103. The molecule has 0 amide bonds. The van der Waals surface area contributed by atoms with Crippen molar-refractivity contribution in [2.75, 3.05) is 26.4 Å². The Morgan fingerprint density at radius 3 is 1.85 bits per heavy atom. The van der Waals surface area contributed by atoms with Crippen LogP contribution in [0.25, 0.3) is 0 Å². The zero-order chi connectivity index (χ0) is 45.2. The molecule has 4 heterocycles. The molecule has 6 aliphatic rings. The molecule has 0 unspecified atom stereocenters. The van der Waals surface area contributed by atoms with E-state index in [9.17, 15) is 60.7 Å². The molecule has 2 saturated carbocycles. The van der Waals surface area contributed by atoms with Crippen LogP contribution in [0, 0.1) is 41.4 Å². The van der Waals surface area contributed by atoms with Gasteiger partial charge in [0.05, 0.1) is 67.7 Å². The summed E-state index contributed by atoms with van der Waals surface area (Å²) in [6, 6.07) is 0. The molecule has 0 bridgehead atoms. The second-order valence-corrected chi connectivity index (χ2v) is 18.4. The smallest absolute Gasteiger partial charge is 0.337 e. The van der Waals surface area contributed by atoms with Gasteiger partial charge in [-0.2, -0.15) is 0 Å².